The van der Waals surface area contributed by atoms with Crippen LogP contribution >= 0.6 is 24.8 Å². The molecule has 0 fully saturated rings. The van der Waals surface area contributed by atoms with Crippen molar-refractivity contribution in [2.24, 2.45) is 0 Å². The van der Waals surface area contributed by atoms with E-state index in [1.165, 1.54) is 27.5 Å². The zero-order valence-corrected chi connectivity index (χ0v) is 22.9. The van der Waals surface area contributed by atoms with Gasteiger partial charge in [0.15, 0.2) is 0 Å². The topological polar surface area (TPSA) is 23.8 Å². The quantitative estimate of drug-likeness (QED) is 0.299. The first-order valence-corrected chi connectivity index (χ1v) is 8.83. The van der Waals surface area contributed by atoms with Crippen molar-refractivity contribution >= 4 is 39.5 Å². The van der Waals surface area contributed by atoms with E-state index in [4.69, 9.17) is 5.73 Å². The summed E-state index contributed by atoms with van der Waals surface area (Å²) in [5.74, 6) is 0. The molecule has 5 heteroatoms. The van der Waals surface area contributed by atoms with Gasteiger partial charge in [-0.1, -0.05) is 81.6 Å². The molecule has 2 radical (unpaired) electrons. The van der Waals surface area contributed by atoms with Crippen LogP contribution in [0.5, 0.6) is 0 Å². The summed E-state index contributed by atoms with van der Waals surface area (Å²) in [6.45, 7) is 16.7. The fourth-order valence-corrected chi connectivity index (χ4v) is 3.95. The number of halogens is 2. The molecule has 1 N–H and O–H groups in total. The van der Waals surface area contributed by atoms with E-state index < -0.39 is 0 Å². The molecule has 0 aromatic heterocycles. The summed E-state index contributed by atoms with van der Waals surface area (Å²) >= 11 is 0. The third kappa shape index (κ3) is 9.72. The molecule has 1 aliphatic carbocycles. The number of benzene rings is 1. The van der Waals surface area contributed by atoms with Gasteiger partial charge in [-0.05, 0) is 6.92 Å². The second-order valence-electron chi connectivity index (χ2n) is 7.31. The normalized spacial score (nSPS) is 18.8. The van der Waals surface area contributed by atoms with E-state index in [0.29, 0.717) is 0 Å². The smallest absolute Gasteiger partial charge is 0.0752 e. The van der Waals surface area contributed by atoms with Crippen LogP contribution in [0.15, 0.2) is 41.0 Å². The molecular weight excluding hydrogens is 532 g/mol. The molecule has 0 aliphatic heterocycles. The minimum atomic E-state index is -0.250. The zero-order valence-electron chi connectivity index (χ0n) is 16.6. The second kappa shape index (κ2) is 11.9. The third-order valence-electron chi connectivity index (χ3n) is 3.84. The molecule has 1 aliphatic rings. The summed E-state index contributed by atoms with van der Waals surface area (Å²) in [6, 6.07) is 8.69. The average Bonchev–Trinajstić information content (AvgIpc) is 2.55. The van der Waals surface area contributed by atoms with Gasteiger partial charge in [0.25, 0.3) is 0 Å². The van der Waals surface area contributed by atoms with Gasteiger partial charge < -0.3 is 5.73 Å². The fourth-order valence-electron chi connectivity index (χ4n) is 2.33. The Labute approximate surface area is 188 Å². The van der Waals surface area contributed by atoms with Crippen LogP contribution < -0.4 is 5.19 Å². The maximum absolute atomic E-state index is 6.94. The molecule has 1 atom stereocenters. The molecule has 0 spiro atoms. The van der Waals surface area contributed by atoms with Gasteiger partial charge in [0.05, 0.1) is 9.52 Å². The number of hydrogen-bond donors (Lipinski definition) is 0. The Morgan fingerprint density at radius 1 is 1.00 bits per heavy atom. The number of allylic oxidation sites excluding steroid dienone is 4. The van der Waals surface area contributed by atoms with Crippen LogP contribution in [-0.4, -0.2) is 15.1 Å². The summed E-state index contributed by atoms with van der Waals surface area (Å²) in [5, 5.41) is 1.57. The van der Waals surface area contributed by atoms with Crippen LogP contribution in [0.25, 0.3) is 5.73 Å². The van der Waals surface area contributed by atoms with Crippen molar-refractivity contribution in [1.82, 2.24) is 0 Å². The first kappa shape index (κ1) is 30.1. The van der Waals surface area contributed by atoms with Crippen LogP contribution in [0.3, 0.4) is 0 Å². The van der Waals surface area contributed by atoms with Gasteiger partial charge >= 0.3 is 0 Å². The van der Waals surface area contributed by atoms with Crippen molar-refractivity contribution in [3.63, 3.8) is 0 Å². The van der Waals surface area contributed by atoms with Crippen LogP contribution in [0.4, 0.5) is 0 Å². The van der Waals surface area contributed by atoms with Gasteiger partial charge in [-0.15, -0.1) is 37.3 Å². The molecule has 25 heavy (non-hydrogen) atoms. The zero-order chi connectivity index (χ0) is 17.1. The Bertz CT molecular complexity index is 600. The van der Waals surface area contributed by atoms with Crippen molar-refractivity contribution < 1.29 is 25.8 Å². The molecule has 1 nitrogen and oxygen atoms in total. The van der Waals surface area contributed by atoms with E-state index in [0.717, 1.165) is 9.52 Å². The van der Waals surface area contributed by atoms with E-state index in [2.05, 4.69) is 65.0 Å². The SMILES string of the molecule is CC(C)(C)[NH-].CC1=[C-]C(C)([Si]c2ccccc2C)C(C)=C1C.Cl.Cl.[Hf]. The Hall–Kier alpha value is 0.327. The van der Waals surface area contributed by atoms with Gasteiger partial charge in [0.2, 0.25) is 0 Å². The van der Waals surface area contributed by atoms with Gasteiger partial charge in [-0.2, -0.15) is 11.1 Å². The Kier molecular flexibility index (Phi) is 14.3. The molecule has 2 rings (SSSR count). The van der Waals surface area contributed by atoms with E-state index >= 15 is 0 Å². The van der Waals surface area contributed by atoms with Crippen molar-refractivity contribution in [2.45, 2.75) is 66.0 Å². The van der Waals surface area contributed by atoms with E-state index in [-0.39, 0.29) is 61.2 Å². The summed E-state index contributed by atoms with van der Waals surface area (Å²) < 4.78 is 0. The monoisotopic (exact) mass is 563 g/mol. The Balaban J connectivity index is -0.000000539. The third-order valence-corrected chi connectivity index (χ3v) is 5.67. The van der Waals surface area contributed by atoms with Gasteiger partial charge in [-0.3, -0.25) is 6.08 Å². The largest absolute Gasteiger partial charge is 0.673 e. The summed E-state index contributed by atoms with van der Waals surface area (Å²) in [4.78, 5) is 0. The number of aryl methyl sites for hydroxylation is 1. The Morgan fingerprint density at radius 3 is 1.80 bits per heavy atom. The summed E-state index contributed by atoms with van der Waals surface area (Å²) in [7, 11) is 0.772. The predicted octanol–water partition coefficient (Wildman–Crippen LogP) is 6.28. The van der Waals surface area contributed by atoms with Crippen molar-refractivity contribution in [3.8, 4) is 0 Å². The number of rotatable bonds is 2. The molecule has 1 aromatic carbocycles. The molecule has 1 unspecified atom stereocenters. The van der Waals surface area contributed by atoms with E-state index in [1.54, 1.807) is 0 Å². The molecule has 0 saturated carbocycles. The molecule has 0 heterocycles. The number of hydrogen-bond acceptors (Lipinski definition) is 0. The van der Waals surface area contributed by atoms with Gasteiger partial charge in [-0.25, -0.2) is 5.57 Å². The predicted molar refractivity (Wildman–Crippen MR) is 114 cm³/mol. The van der Waals surface area contributed by atoms with Crippen molar-refractivity contribution in [2.75, 3.05) is 0 Å². The molecule has 0 bridgehead atoms. The first-order chi connectivity index (χ1) is 9.94. The first-order valence-electron chi connectivity index (χ1n) is 7.83. The maximum Gasteiger partial charge on any atom is 0.0752 e. The fraction of sp³-hybridized carbons (Fsp3) is 0.500. The summed E-state index contributed by atoms with van der Waals surface area (Å²) in [5.41, 5.74) is 12.3. The van der Waals surface area contributed by atoms with Crippen LogP contribution in [0.1, 0.15) is 54.0 Å². The number of nitrogens with one attached hydrogen (secondary N) is 1. The molecule has 140 valence electrons. The summed E-state index contributed by atoms with van der Waals surface area (Å²) in [6.07, 6.45) is 3.66. The average molecular weight is 563 g/mol. The van der Waals surface area contributed by atoms with E-state index in [1.807, 2.05) is 20.8 Å². The molecular formula is C20H31Cl2HfNSi-2. The second-order valence-corrected chi connectivity index (χ2v) is 9.10. The van der Waals surface area contributed by atoms with Crippen molar-refractivity contribution in [1.29, 1.82) is 0 Å². The van der Waals surface area contributed by atoms with Gasteiger partial charge in [0.1, 0.15) is 0 Å². The van der Waals surface area contributed by atoms with Gasteiger partial charge in [0, 0.05) is 25.8 Å². The van der Waals surface area contributed by atoms with Crippen LogP contribution in [-0.2, 0) is 25.8 Å². The van der Waals surface area contributed by atoms with E-state index in [9.17, 15) is 0 Å². The standard InChI is InChI=1S/C16H19Si.C4H10N.2ClH.Hf/c1-11-8-6-7-9-15(11)17-16(5)10-12(2)13(3)14(16)4;1-4(2,3)5;;;/h6-9H,1-5H3;5H,1-3H3;2*1H;/q2*-1;;;. The maximum atomic E-state index is 6.94. The minimum Gasteiger partial charge on any atom is -0.673 e. The van der Waals surface area contributed by atoms with Crippen LogP contribution in [0.2, 0.25) is 5.04 Å². The van der Waals surface area contributed by atoms with Crippen LogP contribution in [0, 0.1) is 13.0 Å². The molecule has 0 saturated heterocycles. The Morgan fingerprint density at radius 2 is 1.44 bits per heavy atom. The molecule has 0 amide bonds. The minimum absolute atomic E-state index is 0. The molecule has 1 aromatic rings. The van der Waals surface area contributed by atoms with Crippen molar-refractivity contribution in [3.05, 3.63) is 58.4 Å².